The third kappa shape index (κ3) is 1.18. The summed E-state index contributed by atoms with van der Waals surface area (Å²) >= 11 is 0. The number of nitrogens with zero attached hydrogens (tertiary/aromatic N) is 2. The van der Waals surface area contributed by atoms with Gasteiger partial charge in [-0.1, -0.05) is 6.58 Å². The van der Waals surface area contributed by atoms with Gasteiger partial charge in [-0.05, 0) is 18.3 Å². The number of rotatable bonds is 1. The van der Waals surface area contributed by atoms with Crippen molar-refractivity contribution < 1.29 is 4.74 Å². The minimum Gasteiger partial charge on any atom is -0.474 e. The second-order valence-electron chi connectivity index (χ2n) is 3.45. The van der Waals surface area contributed by atoms with Gasteiger partial charge in [0.05, 0.1) is 6.54 Å². The molecule has 76 valence electrons. The van der Waals surface area contributed by atoms with Crippen molar-refractivity contribution in [3.05, 3.63) is 31.1 Å². The van der Waals surface area contributed by atoms with E-state index in [-0.39, 0.29) is 0 Å². The monoisotopic (exact) mass is 201 g/mol. The fourth-order valence-electron chi connectivity index (χ4n) is 1.82. The van der Waals surface area contributed by atoms with Crippen LogP contribution in [0.1, 0.15) is 0 Å². The molecule has 1 aliphatic heterocycles. The number of pyridine rings is 1. The van der Waals surface area contributed by atoms with Crippen LogP contribution in [0.2, 0.25) is 0 Å². The molecule has 0 radical (unpaired) electrons. The van der Waals surface area contributed by atoms with Crippen LogP contribution < -0.4 is 9.64 Å². The zero-order chi connectivity index (χ0) is 10.3. The SMILES string of the molecule is C=CN1CCOc2nc3[nH]ccc3cc21. The van der Waals surface area contributed by atoms with Gasteiger partial charge in [-0.2, -0.15) is 4.98 Å². The van der Waals surface area contributed by atoms with Gasteiger partial charge in [-0.25, -0.2) is 0 Å². The van der Waals surface area contributed by atoms with Crippen molar-refractivity contribution in [2.75, 3.05) is 18.1 Å². The summed E-state index contributed by atoms with van der Waals surface area (Å²) in [6.07, 6.45) is 3.68. The number of H-pyrrole nitrogens is 1. The van der Waals surface area contributed by atoms with E-state index in [1.165, 1.54) is 0 Å². The molecular weight excluding hydrogens is 190 g/mol. The van der Waals surface area contributed by atoms with Gasteiger partial charge in [0.1, 0.15) is 17.9 Å². The van der Waals surface area contributed by atoms with Crippen LogP contribution in [0.4, 0.5) is 5.69 Å². The average molecular weight is 201 g/mol. The van der Waals surface area contributed by atoms with Crippen LogP contribution in [0, 0.1) is 0 Å². The van der Waals surface area contributed by atoms with Crippen LogP contribution in [-0.4, -0.2) is 23.1 Å². The lowest BCUT2D eigenvalue weighted by Crippen LogP contribution is -2.28. The minimum absolute atomic E-state index is 0.651. The minimum atomic E-state index is 0.651. The van der Waals surface area contributed by atoms with Crippen molar-refractivity contribution in [1.82, 2.24) is 9.97 Å². The first-order chi connectivity index (χ1) is 7.38. The van der Waals surface area contributed by atoms with Crippen LogP contribution in [0.5, 0.6) is 5.88 Å². The average Bonchev–Trinajstić information content (AvgIpc) is 2.72. The second-order valence-corrected chi connectivity index (χ2v) is 3.45. The Morgan fingerprint density at radius 3 is 3.40 bits per heavy atom. The summed E-state index contributed by atoms with van der Waals surface area (Å²) in [5, 5.41) is 1.09. The molecule has 3 heterocycles. The number of anilines is 1. The van der Waals surface area contributed by atoms with Gasteiger partial charge >= 0.3 is 0 Å². The zero-order valence-electron chi connectivity index (χ0n) is 8.23. The summed E-state index contributed by atoms with van der Waals surface area (Å²) in [5.41, 5.74) is 1.85. The van der Waals surface area contributed by atoms with Gasteiger partial charge in [-0.3, -0.25) is 0 Å². The van der Waals surface area contributed by atoms with Crippen LogP contribution in [0.15, 0.2) is 31.1 Å². The first kappa shape index (κ1) is 8.35. The summed E-state index contributed by atoms with van der Waals surface area (Å²) in [6.45, 7) is 5.26. The molecule has 3 rings (SSSR count). The van der Waals surface area contributed by atoms with Crippen molar-refractivity contribution >= 4 is 16.7 Å². The van der Waals surface area contributed by atoms with E-state index < -0.39 is 0 Å². The largest absolute Gasteiger partial charge is 0.474 e. The van der Waals surface area contributed by atoms with Crippen LogP contribution >= 0.6 is 0 Å². The Hall–Kier alpha value is -1.97. The predicted molar refractivity (Wildman–Crippen MR) is 59.1 cm³/mol. The lowest BCUT2D eigenvalue weighted by molar-refractivity contribution is 0.302. The van der Waals surface area contributed by atoms with E-state index in [1.54, 1.807) is 0 Å². The third-order valence-corrected chi connectivity index (χ3v) is 2.58. The number of aromatic amines is 1. The molecule has 4 heteroatoms. The van der Waals surface area contributed by atoms with Gasteiger partial charge in [-0.15, -0.1) is 0 Å². The second kappa shape index (κ2) is 3.02. The molecule has 0 unspecified atom stereocenters. The van der Waals surface area contributed by atoms with Gasteiger partial charge < -0.3 is 14.6 Å². The summed E-state index contributed by atoms with van der Waals surface area (Å²) in [5.74, 6) is 0.677. The normalized spacial score (nSPS) is 14.8. The standard InChI is InChI=1S/C11H11N3O/c1-2-14-5-6-15-11-9(14)7-8-3-4-12-10(8)13-11/h2-4,7H,1,5-6H2,(H,12,13). The maximum atomic E-state index is 5.51. The van der Waals surface area contributed by atoms with Crippen LogP contribution in [-0.2, 0) is 0 Å². The smallest absolute Gasteiger partial charge is 0.240 e. The Labute approximate surface area is 87.2 Å². The number of hydrogen-bond acceptors (Lipinski definition) is 3. The molecule has 0 bridgehead atoms. The van der Waals surface area contributed by atoms with E-state index in [1.807, 2.05) is 18.5 Å². The number of hydrogen-bond donors (Lipinski definition) is 1. The summed E-state index contributed by atoms with van der Waals surface area (Å²) in [6, 6.07) is 4.06. The molecule has 0 fully saturated rings. The highest BCUT2D eigenvalue weighted by atomic mass is 16.5. The number of aromatic nitrogens is 2. The predicted octanol–water partition coefficient (Wildman–Crippen LogP) is 1.91. The molecule has 0 saturated heterocycles. The van der Waals surface area contributed by atoms with Crippen molar-refractivity contribution in [2.45, 2.75) is 0 Å². The molecule has 0 atom stereocenters. The van der Waals surface area contributed by atoms with E-state index in [0.717, 1.165) is 23.3 Å². The zero-order valence-corrected chi connectivity index (χ0v) is 8.23. The fraction of sp³-hybridized carbons (Fsp3) is 0.182. The highest BCUT2D eigenvalue weighted by Gasteiger charge is 2.18. The summed E-state index contributed by atoms with van der Waals surface area (Å²) in [4.78, 5) is 9.53. The van der Waals surface area contributed by atoms with E-state index in [0.29, 0.717) is 12.5 Å². The van der Waals surface area contributed by atoms with E-state index in [2.05, 4.69) is 27.5 Å². The lowest BCUT2D eigenvalue weighted by Gasteiger charge is -2.26. The Morgan fingerprint density at radius 2 is 2.53 bits per heavy atom. The molecule has 0 aliphatic carbocycles. The Balaban J connectivity index is 2.24. The van der Waals surface area contributed by atoms with Gasteiger partial charge in [0.25, 0.3) is 0 Å². The van der Waals surface area contributed by atoms with Crippen molar-refractivity contribution in [3.63, 3.8) is 0 Å². The first-order valence-corrected chi connectivity index (χ1v) is 4.88. The molecule has 0 amide bonds. The highest BCUT2D eigenvalue weighted by molar-refractivity contribution is 5.82. The van der Waals surface area contributed by atoms with Gasteiger partial charge in [0, 0.05) is 11.6 Å². The number of nitrogens with one attached hydrogen (secondary N) is 1. The molecule has 2 aromatic rings. The summed E-state index contributed by atoms with van der Waals surface area (Å²) < 4.78 is 5.51. The fourth-order valence-corrected chi connectivity index (χ4v) is 1.82. The molecule has 4 nitrogen and oxygen atoms in total. The first-order valence-electron chi connectivity index (χ1n) is 4.88. The molecule has 15 heavy (non-hydrogen) atoms. The van der Waals surface area contributed by atoms with E-state index in [9.17, 15) is 0 Å². The van der Waals surface area contributed by atoms with Crippen molar-refractivity contribution in [2.24, 2.45) is 0 Å². The topological polar surface area (TPSA) is 41.1 Å². The Kier molecular flexibility index (Phi) is 1.68. The molecular formula is C11H11N3O. The van der Waals surface area contributed by atoms with Crippen LogP contribution in [0.3, 0.4) is 0 Å². The lowest BCUT2D eigenvalue weighted by atomic mass is 10.2. The van der Waals surface area contributed by atoms with Crippen molar-refractivity contribution in [3.8, 4) is 5.88 Å². The summed E-state index contributed by atoms with van der Waals surface area (Å²) in [7, 11) is 0. The quantitative estimate of drug-likeness (QED) is 0.766. The van der Waals surface area contributed by atoms with Crippen LogP contribution in [0.25, 0.3) is 11.0 Å². The van der Waals surface area contributed by atoms with E-state index in [4.69, 9.17) is 4.74 Å². The number of fused-ring (bicyclic) bond motifs is 2. The Bertz CT molecular complexity index is 518. The third-order valence-electron chi connectivity index (χ3n) is 2.58. The molecule has 0 saturated carbocycles. The van der Waals surface area contributed by atoms with Crippen molar-refractivity contribution in [1.29, 1.82) is 0 Å². The maximum absolute atomic E-state index is 5.51. The molecule has 2 aromatic heterocycles. The molecule has 1 N–H and O–H groups in total. The van der Waals surface area contributed by atoms with Gasteiger partial charge in [0.2, 0.25) is 5.88 Å². The van der Waals surface area contributed by atoms with Gasteiger partial charge in [0.15, 0.2) is 0 Å². The molecule has 1 aliphatic rings. The maximum Gasteiger partial charge on any atom is 0.240 e. The molecule has 0 aromatic carbocycles. The molecule has 0 spiro atoms. The highest BCUT2D eigenvalue weighted by Crippen LogP contribution is 2.32. The Morgan fingerprint density at radius 1 is 1.60 bits per heavy atom. The van der Waals surface area contributed by atoms with E-state index >= 15 is 0 Å². The number of ether oxygens (including phenoxy) is 1.